The Balaban J connectivity index is 1.20. The minimum absolute atomic E-state index is 0.0959. The highest BCUT2D eigenvalue weighted by Gasteiger charge is 2.30. The molecule has 11 nitrogen and oxygen atoms in total. The minimum atomic E-state index is -4.70. The summed E-state index contributed by atoms with van der Waals surface area (Å²) in [7, 11) is -2.56. The van der Waals surface area contributed by atoms with Gasteiger partial charge in [-0.05, 0) is 74.1 Å². The number of aromatic nitrogens is 2. The molecular weight excluding hydrogens is 606 g/mol. The first-order chi connectivity index (χ1) is 21.7. The maximum absolute atomic E-state index is 14.3. The van der Waals surface area contributed by atoms with E-state index in [0.29, 0.717) is 29.9 Å². The maximum atomic E-state index is 14.3. The van der Waals surface area contributed by atoms with E-state index in [0.717, 1.165) is 62.6 Å². The molecule has 1 aliphatic rings. The maximum Gasteiger partial charge on any atom is 0.322 e. The number of anilines is 3. The molecule has 3 aromatic carbocycles. The van der Waals surface area contributed by atoms with Crippen LogP contribution in [0.4, 0.5) is 26.0 Å². The molecule has 2 heterocycles. The molecule has 45 heavy (non-hydrogen) atoms. The number of nitrogens with zero attached hydrogens (tertiary/aromatic N) is 5. The van der Waals surface area contributed by atoms with Gasteiger partial charge >= 0.3 is 6.47 Å². The molecule has 0 amide bonds. The number of carbonyl (C=O) groups excluding carboxylic acids is 1. The first kappa shape index (κ1) is 31.8. The van der Waals surface area contributed by atoms with E-state index in [9.17, 15) is 22.0 Å². The van der Waals surface area contributed by atoms with Crippen LogP contribution in [0.1, 0.15) is 6.42 Å². The van der Waals surface area contributed by atoms with E-state index in [1.54, 1.807) is 6.07 Å². The predicted octanol–water partition coefficient (Wildman–Crippen LogP) is 4.47. The topological polar surface area (TPSA) is 117 Å². The molecule has 0 spiro atoms. The molecule has 0 unspecified atom stereocenters. The number of carbonyl (C=O) groups is 1. The van der Waals surface area contributed by atoms with Gasteiger partial charge in [0, 0.05) is 56.1 Å². The number of hydrogen-bond donors (Lipinski definition) is 1. The summed E-state index contributed by atoms with van der Waals surface area (Å²) in [6.07, 6.45) is 2.37. The van der Waals surface area contributed by atoms with Gasteiger partial charge in [-0.2, -0.15) is 8.42 Å². The summed E-state index contributed by atoms with van der Waals surface area (Å²) < 4.78 is 59.7. The second kappa shape index (κ2) is 14.4. The summed E-state index contributed by atoms with van der Waals surface area (Å²) in [5.41, 5.74) is 1.96. The van der Waals surface area contributed by atoms with E-state index >= 15 is 0 Å². The Hall–Kier alpha value is -4.66. The van der Waals surface area contributed by atoms with E-state index in [4.69, 9.17) is 4.74 Å². The Bertz CT molecular complexity index is 1700. The van der Waals surface area contributed by atoms with Crippen molar-refractivity contribution in [3.63, 3.8) is 0 Å². The number of rotatable bonds is 13. The van der Waals surface area contributed by atoms with Gasteiger partial charge in [-0.1, -0.05) is 4.47 Å². The number of hydrogen-bond acceptors (Lipinski definition) is 10. The molecule has 236 valence electrons. The third kappa shape index (κ3) is 8.09. The highest BCUT2D eigenvalue weighted by atomic mass is 32.2. The Kier molecular flexibility index (Phi) is 10.2. The van der Waals surface area contributed by atoms with Crippen LogP contribution >= 0.6 is 0 Å². The smallest absolute Gasteiger partial charge is 0.322 e. The minimum Gasteiger partial charge on any atom is -0.494 e. The average Bonchev–Trinajstić information content (AvgIpc) is 3.03. The van der Waals surface area contributed by atoms with Gasteiger partial charge in [0.1, 0.15) is 34.4 Å². The molecule has 0 saturated carbocycles. The summed E-state index contributed by atoms with van der Waals surface area (Å²) >= 11 is 0. The quantitative estimate of drug-likeness (QED) is 0.128. The molecule has 0 bridgehead atoms. The molecule has 5 rings (SSSR count). The summed E-state index contributed by atoms with van der Waals surface area (Å²) in [6, 6.07) is 17.1. The molecule has 1 N–H and O–H groups in total. The van der Waals surface area contributed by atoms with E-state index < -0.39 is 26.6 Å². The lowest BCUT2D eigenvalue weighted by Crippen LogP contribution is -2.44. The standard InChI is InChI=1S/C31H32F2N6O5S/c1-37-14-16-38(17-15-37)13-2-18-43-27-10-3-23(4-11-27)29-20-31(35-21-34-29)36-25-6-8-26(9-7-25)39(44-22-40)45(41,42)30-12-5-24(32)19-28(30)33/h3-12,19-22H,2,13-18H2,1H3,(H,34,35,36). The van der Waals surface area contributed by atoms with Crippen molar-refractivity contribution >= 4 is 33.7 Å². The van der Waals surface area contributed by atoms with Gasteiger partial charge in [-0.3, -0.25) is 4.79 Å². The first-order valence-corrected chi connectivity index (χ1v) is 15.6. The fourth-order valence-electron chi connectivity index (χ4n) is 4.74. The number of sulfonamides is 1. The predicted molar refractivity (Wildman–Crippen MR) is 164 cm³/mol. The Labute approximate surface area is 260 Å². The van der Waals surface area contributed by atoms with E-state index in [1.807, 2.05) is 24.3 Å². The van der Waals surface area contributed by atoms with Crippen molar-refractivity contribution in [2.24, 2.45) is 0 Å². The zero-order chi connectivity index (χ0) is 31.8. The van der Waals surface area contributed by atoms with Crippen LogP contribution in [0, 0.1) is 11.6 Å². The van der Waals surface area contributed by atoms with Crippen molar-refractivity contribution in [3.8, 4) is 17.0 Å². The van der Waals surface area contributed by atoms with Crippen LogP contribution in [0.3, 0.4) is 0 Å². The molecule has 0 atom stereocenters. The normalized spacial score (nSPS) is 14.1. The van der Waals surface area contributed by atoms with E-state index in [2.05, 4.69) is 37.0 Å². The lowest BCUT2D eigenvalue weighted by Gasteiger charge is -2.32. The number of nitrogens with one attached hydrogen (secondary N) is 1. The molecule has 14 heteroatoms. The Morgan fingerprint density at radius 3 is 2.38 bits per heavy atom. The van der Waals surface area contributed by atoms with Crippen LogP contribution < -0.4 is 14.5 Å². The lowest BCUT2D eigenvalue weighted by atomic mass is 10.1. The monoisotopic (exact) mass is 638 g/mol. The molecular formula is C31H32F2N6O5S. The molecule has 1 aliphatic heterocycles. The fourth-order valence-corrected chi connectivity index (χ4v) is 6.01. The average molecular weight is 639 g/mol. The molecule has 4 aromatic rings. The van der Waals surface area contributed by atoms with Crippen molar-refractivity contribution in [3.05, 3.63) is 90.8 Å². The van der Waals surface area contributed by atoms with Crippen molar-refractivity contribution in [2.75, 3.05) is 56.2 Å². The van der Waals surface area contributed by atoms with Crippen molar-refractivity contribution in [2.45, 2.75) is 11.3 Å². The van der Waals surface area contributed by atoms with Gasteiger partial charge in [0.2, 0.25) is 0 Å². The Morgan fingerprint density at radius 2 is 1.69 bits per heavy atom. The molecule has 1 fully saturated rings. The zero-order valence-corrected chi connectivity index (χ0v) is 25.3. The summed E-state index contributed by atoms with van der Waals surface area (Å²) in [4.78, 5) is 28.3. The van der Waals surface area contributed by atoms with Crippen LogP contribution in [0.25, 0.3) is 11.3 Å². The molecule has 1 aromatic heterocycles. The van der Waals surface area contributed by atoms with E-state index in [1.165, 1.54) is 30.6 Å². The summed E-state index contributed by atoms with van der Waals surface area (Å²) in [6.45, 7) is 5.93. The summed E-state index contributed by atoms with van der Waals surface area (Å²) in [5, 5.41) is 3.11. The van der Waals surface area contributed by atoms with Gasteiger partial charge in [0.15, 0.2) is 0 Å². The second-order valence-electron chi connectivity index (χ2n) is 10.3. The van der Waals surface area contributed by atoms with Crippen LogP contribution in [0.2, 0.25) is 0 Å². The van der Waals surface area contributed by atoms with E-state index in [-0.39, 0.29) is 16.6 Å². The van der Waals surface area contributed by atoms with Crippen molar-refractivity contribution in [1.29, 1.82) is 0 Å². The highest BCUT2D eigenvalue weighted by Crippen LogP contribution is 2.29. The second-order valence-corrected chi connectivity index (χ2v) is 12.1. The van der Waals surface area contributed by atoms with Crippen molar-refractivity contribution < 1.29 is 31.6 Å². The first-order valence-electron chi connectivity index (χ1n) is 14.2. The zero-order valence-electron chi connectivity index (χ0n) is 24.5. The highest BCUT2D eigenvalue weighted by molar-refractivity contribution is 7.92. The number of halogens is 2. The number of benzene rings is 3. The molecule has 0 radical (unpaired) electrons. The van der Waals surface area contributed by atoms with Gasteiger partial charge in [0.25, 0.3) is 10.0 Å². The Morgan fingerprint density at radius 1 is 0.956 bits per heavy atom. The fraction of sp³-hybridized carbons (Fsp3) is 0.258. The number of ether oxygens (including phenoxy) is 1. The van der Waals surface area contributed by atoms with Crippen LogP contribution in [0.5, 0.6) is 5.75 Å². The molecule has 1 saturated heterocycles. The SMILES string of the molecule is CN1CCN(CCCOc2ccc(-c3cc(Nc4ccc(N(OC=O)S(=O)(=O)c5ccc(F)cc5F)cc4)ncn3)cc2)CC1. The van der Waals surface area contributed by atoms with Crippen LogP contribution in [0.15, 0.2) is 84.0 Å². The van der Waals surface area contributed by atoms with Crippen LogP contribution in [-0.2, 0) is 19.7 Å². The number of piperazine rings is 1. The largest absolute Gasteiger partial charge is 0.494 e. The van der Waals surface area contributed by atoms with Gasteiger partial charge in [-0.25, -0.2) is 18.7 Å². The van der Waals surface area contributed by atoms with Gasteiger partial charge in [0.05, 0.1) is 18.0 Å². The third-order valence-electron chi connectivity index (χ3n) is 7.18. The van der Waals surface area contributed by atoms with Crippen molar-refractivity contribution in [1.82, 2.24) is 19.8 Å². The van der Waals surface area contributed by atoms with Gasteiger partial charge < -0.3 is 24.7 Å². The number of likely N-dealkylation sites (N-methyl/N-ethyl adjacent to an activating group) is 1. The third-order valence-corrected chi connectivity index (χ3v) is 8.80. The summed E-state index contributed by atoms with van der Waals surface area (Å²) in [5.74, 6) is -1.03. The molecule has 0 aliphatic carbocycles. The van der Waals surface area contributed by atoms with Gasteiger partial charge in [-0.15, -0.1) is 0 Å². The van der Waals surface area contributed by atoms with Crippen LogP contribution in [-0.4, -0.2) is 81.0 Å². The lowest BCUT2D eigenvalue weighted by molar-refractivity contribution is -0.128.